The van der Waals surface area contributed by atoms with Crippen molar-refractivity contribution in [1.82, 2.24) is 5.32 Å². The van der Waals surface area contributed by atoms with E-state index in [1.165, 1.54) is 4.90 Å². The van der Waals surface area contributed by atoms with Gasteiger partial charge >= 0.3 is 5.97 Å². The standard InChI is InChI=1S/C14H14Cl2N2O4/c15-8-5-9(16)7-10(6-8)18-4-2-11(14(18)22)13(21)17-3-1-12(19)20/h5-7,11H,1-4H2,(H,17,21)(H,19,20). The molecule has 2 rings (SSSR count). The first-order chi connectivity index (χ1) is 10.4. The third kappa shape index (κ3) is 3.90. The zero-order valence-corrected chi connectivity index (χ0v) is 13.0. The minimum atomic E-state index is -1.01. The van der Waals surface area contributed by atoms with E-state index < -0.39 is 17.8 Å². The van der Waals surface area contributed by atoms with Crippen molar-refractivity contribution in [2.75, 3.05) is 18.0 Å². The lowest BCUT2D eigenvalue weighted by molar-refractivity contribution is -0.137. The minimum absolute atomic E-state index is 0.000932. The maximum atomic E-state index is 12.3. The Morgan fingerprint density at radius 3 is 2.50 bits per heavy atom. The van der Waals surface area contributed by atoms with E-state index in [0.29, 0.717) is 28.7 Å². The van der Waals surface area contributed by atoms with Crippen LogP contribution < -0.4 is 10.2 Å². The average Bonchev–Trinajstić information content (AvgIpc) is 2.79. The van der Waals surface area contributed by atoms with Crippen LogP contribution in [-0.2, 0) is 14.4 Å². The number of rotatable bonds is 5. The van der Waals surface area contributed by atoms with Crippen LogP contribution in [0.3, 0.4) is 0 Å². The van der Waals surface area contributed by atoms with Gasteiger partial charge in [0.1, 0.15) is 5.92 Å². The molecule has 1 aliphatic rings. The van der Waals surface area contributed by atoms with Gasteiger partial charge in [0, 0.05) is 28.8 Å². The molecule has 1 aliphatic heterocycles. The van der Waals surface area contributed by atoms with Crippen LogP contribution in [0.15, 0.2) is 18.2 Å². The number of benzene rings is 1. The van der Waals surface area contributed by atoms with Crippen LogP contribution in [0.2, 0.25) is 10.0 Å². The molecule has 118 valence electrons. The van der Waals surface area contributed by atoms with Crippen molar-refractivity contribution in [1.29, 1.82) is 0 Å². The highest BCUT2D eigenvalue weighted by molar-refractivity contribution is 6.35. The molecule has 1 fully saturated rings. The van der Waals surface area contributed by atoms with Gasteiger partial charge in [-0.1, -0.05) is 23.2 Å². The van der Waals surface area contributed by atoms with E-state index in [2.05, 4.69) is 5.32 Å². The fourth-order valence-electron chi connectivity index (χ4n) is 2.29. The van der Waals surface area contributed by atoms with E-state index >= 15 is 0 Å². The summed E-state index contributed by atoms with van der Waals surface area (Å²) < 4.78 is 0. The van der Waals surface area contributed by atoms with Crippen molar-refractivity contribution in [3.05, 3.63) is 28.2 Å². The zero-order chi connectivity index (χ0) is 16.3. The highest BCUT2D eigenvalue weighted by Gasteiger charge is 2.37. The Kier molecular flexibility index (Phi) is 5.26. The Morgan fingerprint density at radius 1 is 1.27 bits per heavy atom. The van der Waals surface area contributed by atoms with Gasteiger partial charge in [-0.3, -0.25) is 14.4 Å². The van der Waals surface area contributed by atoms with Gasteiger partial charge in [0.2, 0.25) is 11.8 Å². The van der Waals surface area contributed by atoms with Crippen LogP contribution in [-0.4, -0.2) is 36.0 Å². The molecule has 8 heteroatoms. The molecule has 2 N–H and O–H groups in total. The number of nitrogens with one attached hydrogen (secondary N) is 1. The van der Waals surface area contributed by atoms with Crippen LogP contribution >= 0.6 is 23.2 Å². The average molecular weight is 345 g/mol. The van der Waals surface area contributed by atoms with E-state index in [1.54, 1.807) is 18.2 Å². The molecule has 0 radical (unpaired) electrons. The van der Waals surface area contributed by atoms with Gasteiger partial charge in [-0.05, 0) is 24.6 Å². The molecule has 1 unspecified atom stereocenters. The molecule has 0 bridgehead atoms. The molecule has 0 saturated carbocycles. The highest BCUT2D eigenvalue weighted by atomic mass is 35.5. The van der Waals surface area contributed by atoms with E-state index in [-0.39, 0.29) is 18.9 Å². The predicted molar refractivity (Wildman–Crippen MR) is 82.2 cm³/mol. The smallest absolute Gasteiger partial charge is 0.305 e. The second-order valence-electron chi connectivity index (χ2n) is 4.89. The monoisotopic (exact) mass is 344 g/mol. The lowest BCUT2D eigenvalue weighted by atomic mass is 10.1. The van der Waals surface area contributed by atoms with Gasteiger partial charge in [-0.2, -0.15) is 0 Å². The maximum absolute atomic E-state index is 12.3. The van der Waals surface area contributed by atoms with Crippen molar-refractivity contribution < 1.29 is 19.5 Å². The Labute approximate surface area is 137 Å². The summed E-state index contributed by atoms with van der Waals surface area (Å²) in [6.45, 7) is 0.382. The number of nitrogens with zero attached hydrogens (tertiary/aromatic N) is 1. The lowest BCUT2D eigenvalue weighted by Crippen LogP contribution is -2.37. The highest BCUT2D eigenvalue weighted by Crippen LogP contribution is 2.30. The summed E-state index contributed by atoms with van der Waals surface area (Å²) in [5.41, 5.74) is 0.545. The van der Waals surface area contributed by atoms with E-state index in [0.717, 1.165) is 0 Å². The van der Waals surface area contributed by atoms with Crippen molar-refractivity contribution in [2.45, 2.75) is 12.8 Å². The summed E-state index contributed by atoms with van der Waals surface area (Å²) in [5, 5.41) is 11.8. The molecule has 0 aromatic heterocycles. The Morgan fingerprint density at radius 2 is 1.91 bits per heavy atom. The minimum Gasteiger partial charge on any atom is -0.481 e. The molecule has 1 aromatic rings. The molecule has 0 spiro atoms. The number of carbonyl (C=O) groups is 3. The second-order valence-corrected chi connectivity index (χ2v) is 5.77. The van der Waals surface area contributed by atoms with Gasteiger partial charge < -0.3 is 15.3 Å². The Balaban J connectivity index is 2.03. The number of anilines is 1. The van der Waals surface area contributed by atoms with Gasteiger partial charge in [0.25, 0.3) is 0 Å². The van der Waals surface area contributed by atoms with Gasteiger partial charge in [-0.15, -0.1) is 0 Å². The van der Waals surface area contributed by atoms with E-state index in [4.69, 9.17) is 28.3 Å². The van der Waals surface area contributed by atoms with Gasteiger partial charge in [0.15, 0.2) is 0 Å². The number of aliphatic carboxylic acids is 1. The summed E-state index contributed by atoms with van der Waals surface area (Å²) in [5.74, 6) is -2.62. The number of carboxylic acid groups (broad SMARTS) is 1. The van der Waals surface area contributed by atoms with Gasteiger partial charge in [-0.25, -0.2) is 0 Å². The zero-order valence-electron chi connectivity index (χ0n) is 11.5. The molecule has 1 atom stereocenters. The maximum Gasteiger partial charge on any atom is 0.305 e. The molecule has 22 heavy (non-hydrogen) atoms. The van der Waals surface area contributed by atoms with Crippen molar-refractivity contribution in [2.24, 2.45) is 5.92 Å². The molecule has 1 saturated heterocycles. The molecule has 6 nitrogen and oxygen atoms in total. The normalized spacial score (nSPS) is 17.6. The quantitative estimate of drug-likeness (QED) is 0.799. The molecule has 0 aliphatic carbocycles. The van der Waals surface area contributed by atoms with E-state index in [1.807, 2.05) is 0 Å². The summed E-state index contributed by atoms with van der Waals surface area (Å²) >= 11 is 11.8. The van der Waals surface area contributed by atoms with Gasteiger partial charge in [0.05, 0.1) is 6.42 Å². The van der Waals surface area contributed by atoms with Crippen molar-refractivity contribution in [3.63, 3.8) is 0 Å². The summed E-state index contributed by atoms with van der Waals surface area (Å²) in [6, 6.07) is 4.77. The Bertz CT molecular complexity index is 601. The van der Waals surface area contributed by atoms with E-state index in [9.17, 15) is 14.4 Å². The number of carboxylic acids is 1. The number of amides is 2. The SMILES string of the molecule is O=C(O)CCNC(=O)C1CCN(c2cc(Cl)cc(Cl)c2)C1=O. The molecule has 1 aromatic carbocycles. The first kappa shape index (κ1) is 16.6. The first-order valence-electron chi connectivity index (χ1n) is 6.65. The molecule has 2 amide bonds. The largest absolute Gasteiger partial charge is 0.481 e. The fourth-order valence-corrected chi connectivity index (χ4v) is 2.81. The lowest BCUT2D eigenvalue weighted by Gasteiger charge is -2.17. The third-order valence-electron chi connectivity index (χ3n) is 3.32. The summed E-state index contributed by atoms with van der Waals surface area (Å²) in [7, 11) is 0. The number of carbonyl (C=O) groups excluding carboxylic acids is 2. The second kappa shape index (κ2) is 6.98. The fraction of sp³-hybridized carbons (Fsp3) is 0.357. The van der Waals surface area contributed by atoms with Crippen molar-refractivity contribution >= 4 is 46.7 Å². The summed E-state index contributed by atoms with van der Waals surface area (Å²) in [4.78, 5) is 36.1. The molecular formula is C14H14Cl2N2O4. The molecular weight excluding hydrogens is 331 g/mol. The number of halogens is 2. The Hall–Kier alpha value is -1.79. The first-order valence-corrected chi connectivity index (χ1v) is 7.41. The van der Waals surface area contributed by atoms with Crippen LogP contribution in [0.4, 0.5) is 5.69 Å². The topological polar surface area (TPSA) is 86.7 Å². The number of hydrogen-bond acceptors (Lipinski definition) is 3. The van der Waals surface area contributed by atoms with Crippen LogP contribution in [0.1, 0.15) is 12.8 Å². The predicted octanol–water partition coefficient (Wildman–Crippen LogP) is 1.94. The van der Waals surface area contributed by atoms with Crippen LogP contribution in [0.25, 0.3) is 0 Å². The number of hydrogen-bond donors (Lipinski definition) is 2. The van der Waals surface area contributed by atoms with Crippen LogP contribution in [0, 0.1) is 5.92 Å². The summed E-state index contributed by atoms with van der Waals surface area (Å²) in [6.07, 6.45) is 0.183. The third-order valence-corrected chi connectivity index (χ3v) is 3.76. The van der Waals surface area contributed by atoms with Crippen LogP contribution in [0.5, 0.6) is 0 Å². The van der Waals surface area contributed by atoms with Crippen molar-refractivity contribution in [3.8, 4) is 0 Å². The molecule has 1 heterocycles.